The van der Waals surface area contributed by atoms with Crippen molar-refractivity contribution in [3.63, 3.8) is 0 Å². The Hall–Kier alpha value is -1.56. The van der Waals surface area contributed by atoms with Crippen molar-refractivity contribution in [1.82, 2.24) is 15.2 Å². The van der Waals surface area contributed by atoms with Gasteiger partial charge in [-0.15, -0.1) is 5.10 Å². The lowest BCUT2D eigenvalue weighted by Gasteiger charge is -2.16. The van der Waals surface area contributed by atoms with E-state index in [1.807, 2.05) is 0 Å². The predicted molar refractivity (Wildman–Crippen MR) is 58.3 cm³/mol. The van der Waals surface area contributed by atoms with Gasteiger partial charge in [-0.2, -0.15) is 5.10 Å². The normalized spacial score (nSPS) is 24.3. The molecule has 86 valence electrons. The summed E-state index contributed by atoms with van der Waals surface area (Å²) in [5.41, 5.74) is 5.63. The van der Waals surface area contributed by atoms with Gasteiger partial charge in [-0.3, -0.25) is 10.1 Å². The molecule has 2 atom stereocenters. The fourth-order valence-electron chi connectivity index (χ4n) is 2.17. The summed E-state index contributed by atoms with van der Waals surface area (Å²) in [7, 11) is 0. The Bertz CT molecular complexity index is 355. The number of rotatable bonds is 3. The Morgan fingerprint density at radius 2 is 2.38 bits per heavy atom. The highest BCUT2D eigenvalue weighted by Gasteiger charge is 2.32. The second-order valence-electron chi connectivity index (χ2n) is 3.99. The second-order valence-corrected chi connectivity index (χ2v) is 3.99. The molecular formula is C10H15N5O. The van der Waals surface area contributed by atoms with Gasteiger partial charge in [-0.1, -0.05) is 6.42 Å². The number of anilines is 1. The Morgan fingerprint density at radius 1 is 1.50 bits per heavy atom. The number of nitrogens with one attached hydrogen (secondary N) is 1. The highest BCUT2D eigenvalue weighted by atomic mass is 16.2. The fraction of sp³-hybridized carbons (Fsp3) is 0.600. The Morgan fingerprint density at radius 3 is 3.06 bits per heavy atom. The van der Waals surface area contributed by atoms with Crippen molar-refractivity contribution in [3.8, 4) is 0 Å². The zero-order valence-electron chi connectivity index (χ0n) is 8.97. The van der Waals surface area contributed by atoms with Crippen LogP contribution in [0.15, 0.2) is 12.4 Å². The number of nitrogens with two attached hydrogens (primary N) is 1. The molecule has 0 radical (unpaired) electrons. The van der Waals surface area contributed by atoms with Gasteiger partial charge >= 0.3 is 0 Å². The van der Waals surface area contributed by atoms with E-state index in [2.05, 4.69) is 20.5 Å². The van der Waals surface area contributed by atoms with E-state index in [-0.39, 0.29) is 23.7 Å². The van der Waals surface area contributed by atoms with Crippen molar-refractivity contribution in [1.29, 1.82) is 0 Å². The van der Waals surface area contributed by atoms with Crippen LogP contribution in [0.2, 0.25) is 0 Å². The minimum atomic E-state index is -0.0408. The first kappa shape index (κ1) is 10.9. The van der Waals surface area contributed by atoms with Crippen LogP contribution in [-0.4, -0.2) is 27.6 Å². The first-order valence-corrected chi connectivity index (χ1v) is 5.46. The third-order valence-corrected chi connectivity index (χ3v) is 3.02. The highest BCUT2D eigenvalue weighted by molar-refractivity contribution is 5.91. The first-order chi connectivity index (χ1) is 7.81. The summed E-state index contributed by atoms with van der Waals surface area (Å²) < 4.78 is 0. The van der Waals surface area contributed by atoms with Crippen LogP contribution in [0.1, 0.15) is 19.3 Å². The van der Waals surface area contributed by atoms with Crippen LogP contribution in [0, 0.1) is 11.8 Å². The van der Waals surface area contributed by atoms with Gasteiger partial charge in [0.1, 0.15) is 0 Å². The van der Waals surface area contributed by atoms with Crippen molar-refractivity contribution < 1.29 is 4.79 Å². The second kappa shape index (κ2) is 4.98. The summed E-state index contributed by atoms with van der Waals surface area (Å²) in [6, 6.07) is 0. The van der Waals surface area contributed by atoms with E-state index in [4.69, 9.17) is 5.73 Å². The van der Waals surface area contributed by atoms with Crippen LogP contribution in [-0.2, 0) is 4.79 Å². The summed E-state index contributed by atoms with van der Waals surface area (Å²) >= 11 is 0. The molecular weight excluding hydrogens is 206 g/mol. The van der Waals surface area contributed by atoms with E-state index < -0.39 is 0 Å². The quantitative estimate of drug-likeness (QED) is 0.759. The largest absolute Gasteiger partial charge is 0.330 e. The Balaban J connectivity index is 1.98. The third-order valence-electron chi connectivity index (χ3n) is 3.02. The molecule has 0 aromatic carbocycles. The van der Waals surface area contributed by atoms with Crippen LogP contribution >= 0.6 is 0 Å². The zero-order chi connectivity index (χ0) is 11.4. The number of carbonyl (C=O) groups is 1. The van der Waals surface area contributed by atoms with Gasteiger partial charge in [0.2, 0.25) is 11.9 Å². The van der Waals surface area contributed by atoms with Gasteiger partial charge in [-0.05, 0) is 25.3 Å². The van der Waals surface area contributed by atoms with Crippen molar-refractivity contribution >= 4 is 11.9 Å². The maximum Gasteiger partial charge on any atom is 0.249 e. The molecule has 6 nitrogen and oxygen atoms in total. The van der Waals surface area contributed by atoms with Gasteiger partial charge in [-0.25, -0.2) is 4.98 Å². The van der Waals surface area contributed by atoms with E-state index in [1.165, 1.54) is 12.4 Å². The number of hydrogen-bond acceptors (Lipinski definition) is 5. The molecule has 1 saturated carbocycles. The van der Waals surface area contributed by atoms with Crippen molar-refractivity contribution in [2.24, 2.45) is 17.6 Å². The first-order valence-electron chi connectivity index (χ1n) is 5.46. The lowest BCUT2D eigenvalue weighted by Crippen LogP contribution is -2.30. The average Bonchev–Trinajstić information content (AvgIpc) is 2.78. The van der Waals surface area contributed by atoms with Crippen LogP contribution in [0.25, 0.3) is 0 Å². The molecule has 6 heteroatoms. The molecule has 1 aliphatic carbocycles. The van der Waals surface area contributed by atoms with Crippen molar-refractivity contribution in [2.75, 3.05) is 11.9 Å². The Kier molecular flexibility index (Phi) is 3.40. The maximum absolute atomic E-state index is 11.9. The number of hydrogen-bond donors (Lipinski definition) is 2. The van der Waals surface area contributed by atoms with Crippen LogP contribution < -0.4 is 11.1 Å². The number of amides is 1. The smallest absolute Gasteiger partial charge is 0.249 e. The summed E-state index contributed by atoms with van der Waals surface area (Å²) in [4.78, 5) is 15.8. The fourth-order valence-corrected chi connectivity index (χ4v) is 2.17. The van der Waals surface area contributed by atoms with Gasteiger partial charge in [0.25, 0.3) is 0 Å². The van der Waals surface area contributed by atoms with Crippen molar-refractivity contribution in [3.05, 3.63) is 12.4 Å². The molecule has 16 heavy (non-hydrogen) atoms. The zero-order valence-corrected chi connectivity index (χ0v) is 8.97. The van der Waals surface area contributed by atoms with Crippen LogP contribution in [0.5, 0.6) is 0 Å². The van der Waals surface area contributed by atoms with Gasteiger partial charge in [0, 0.05) is 5.92 Å². The summed E-state index contributed by atoms with van der Waals surface area (Å²) in [5.74, 6) is 0.501. The monoisotopic (exact) mass is 221 g/mol. The number of carbonyl (C=O) groups excluding carboxylic acids is 1. The highest BCUT2D eigenvalue weighted by Crippen LogP contribution is 2.31. The van der Waals surface area contributed by atoms with E-state index in [1.54, 1.807) is 0 Å². The SMILES string of the molecule is NCC1CCCC1C(=O)Nc1nccnn1. The lowest BCUT2D eigenvalue weighted by atomic mass is 9.95. The molecule has 2 rings (SSSR count). The van der Waals surface area contributed by atoms with Gasteiger partial charge in [0.05, 0.1) is 12.4 Å². The van der Waals surface area contributed by atoms with E-state index in [0.29, 0.717) is 6.54 Å². The molecule has 1 amide bonds. The molecule has 0 bridgehead atoms. The Labute approximate surface area is 93.7 Å². The number of nitrogens with zero attached hydrogens (tertiary/aromatic N) is 3. The standard InChI is InChI=1S/C10H15N5O/c11-6-7-2-1-3-8(7)9(16)14-10-12-4-5-13-15-10/h4-5,7-8H,1-3,6,11H2,(H,12,14,15,16). The molecule has 2 unspecified atom stereocenters. The molecule has 1 heterocycles. The van der Waals surface area contributed by atoms with Crippen molar-refractivity contribution in [2.45, 2.75) is 19.3 Å². The maximum atomic E-state index is 11.9. The minimum absolute atomic E-state index is 0.00574. The minimum Gasteiger partial charge on any atom is -0.330 e. The lowest BCUT2D eigenvalue weighted by molar-refractivity contribution is -0.120. The molecule has 0 saturated heterocycles. The van der Waals surface area contributed by atoms with Crippen LogP contribution in [0.3, 0.4) is 0 Å². The van der Waals surface area contributed by atoms with E-state index in [0.717, 1.165) is 19.3 Å². The summed E-state index contributed by atoms with van der Waals surface area (Å²) in [6.07, 6.45) is 5.95. The average molecular weight is 221 g/mol. The number of aromatic nitrogens is 3. The molecule has 0 aliphatic heterocycles. The van der Waals surface area contributed by atoms with E-state index >= 15 is 0 Å². The molecule has 1 aromatic heterocycles. The molecule has 3 N–H and O–H groups in total. The van der Waals surface area contributed by atoms with Gasteiger partial charge < -0.3 is 5.73 Å². The predicted octanol–water partition coefficient (Wildman–Crippen LogP) is 0.185. The van der Waals surface area contributed by atoms with Crippen LogP contribution in [0.4, 0.5) is 5.95 Å². The summed E-state index contributed by atoms with van der Waals surface area (Å²) in [6.45, 7) is 0.561. The molecule has 1 aliphatic rings. The molecule has 1 aromatic rings. The van der Waals surface area contributed by atoms with E-state index in [9.17, 15) is 4.79 Å². The van der Waals surface area contributed by atoms with Gasteiger partial charge in [0.15, 0.2) is 0 Å². The summed E-state index contributed by atoms with van der Waals surface area (Å²) in [5, 5.41) is 10.0. The third kappa shape index (κ3) is 2.33. The topological polar surface area (TPSA) is 93.8 Å². The molecule has 0 spiro atoms. The molecule has 1 fully saturated rings.